The molecule has 1 aromatic carbocycles. The topological polar surface area (TPSA) is 95.6 Å². The maximum absolute atomic E-state index is 12.7. The fourth-order valence-corrected chi connectivity index (χ4v) is 4.24. The van der Waals surface area contributed by atoms with Gasteiger partial charge < -0.3 is 0 Å². The summed E-state index contributed by atoms with van der Waals surface area (Å²) in [7, 11) is -3.54. The number of nitrogens with zero attached hydrogens (tertiary/aromatic N) is 1. The van der Waals surface area contributed by atoms with E-state index in [1.54, 1.807) is 0 Å². The number of hydrogen-bond donors (Lipinski definition) is 2. The van der Waals surface area contributed by atoms with E-state index in [1.165, 1.54) is 28.6 Å². The van der Waals surface area contributed by atoms with Crippen molar-refractivity contribution in [2.75, 3.05) is 13.1 Å². The number of carbonyl (C=O) groups excluding carboxylic acids is 2. The smallest absolute Gasteiger partial charge is 0.269 e. The fourth-order valence-electron chi connectivity index (χ4n) is 2.77. The van der Waals surface area contributed by atoms with Gasteiger partial charge in [0.2, 0.25) is 15.9 Å². The maximum Gasteiger partial charge on any atom is 0.269 e. The van der Waals surface area contributed by atoms with Gasteiger partial charge in [0.15, 0.2) is 0 Å². The molecule has 0 bridgehead atoms. The molecule has 0 spiro atoms. The normalized spacial score (nSPS) is 16.5. The number of benzene rings is 1. The Balaban J connectivity index is 1.99. The van der Waals surface area contributed by atoms with Crippen LogP contribution in [-0.2, 0) is 14.8 Å². The molecule has 0 radical (unpaired) electrons. The lowest BCUT2D eigenvalue weighted by Gasteiger charge is -2.29. The molecule has 1 aliphatic heterocycles. The number of hydrazine groups is 1. The first-order valence-corrected chi connectivity index (χ1v) is 10.3. The summed E-state index contributed by atoms with van der Waals surface area (Å²) < 4.78 is 26.8. The molecule has 1 aromatic rings. The highest BCUT2D eigenvalue weighted by molar-refractivity contribution is 7.89. The van der Waals surface area contributed by atoms with Crippen LogP contribution in [0, 0.1) is 11.8 Å². The lowest BCUT2D eigenvalue weighted by atomic mass is 10.0. The summed E-state index contributed by atoms with van der Waals surface area (Å²) in [4.78, 5) is 23.8. The predicted octanol–water partition coefficient (Wildman–Crippen LogP) is 1.91. The number of sulfonamides is 1. The van der Waals surface area contributed by atoms with Crippen LogP contribution < -0.4 is 10.9 Å². The van der Waals surface area contributed by atoms with Gasteiger partial charge in [-0.15, -0.1) is 0 Å². The molecule has 1 aliphatic rings. The minimum atomic E-state index is -3.54. The van der Waals surface area contributed by atoms with Crippen molar-refractivity contribution >= 4 is 21.8 Å². The monoisotopic (exact) mass is 381 g/mol. The van der Waals surface area contributed by atoms with Gasteiger partial charge in [-0.1, -0.05) is 20.8 Å². The molecule has 0 saturated carbocycles. The number of amides is 2. The van der Waals surface area contributed by atoms with Crippen LogP contribution in [0.3, 0.4) is 0 Å². The van der Waals surface area contributed by atoms with Gasteiger partial charge in [0.25, 0.3) is 5.91 Å². The Labute approximate surface area is 155 Å². The molecule has 8 heteroatoms. The van der Waals surface area contributed by atoms with E-state index in [4.69, 9.17) is 0 Å². The molecular weight excluding hydrogens is 354 g/mol. The van der Waals surface area contributed by atoms with Crippen LogP contribution in [0.15, 0.2) is 29.2 Å². The minimum absolute atomic E-state index is 0.174. The summed E-state index contributed by atoms with van der Waals surface area (Å²) in [6, 6.07) is 5.75. The van der Waals surface area contributed by atoms with Crippen LogP contribution in [0.2, 0.25) is 0 Å². The van der Waals surface area contributed by atoms with Crippen molar-refractivity contribution in [3.8, 4) is 0 Å². The van der Waals surface area contributed by atoms with Crippen LogP contribution in [0.1, 0.15) is 50.4 Å². The third-order valence-corrected chi connectivity index (χ3v) is 6.32. The number of rotatable bonds is 5. The Kier molecular flexibility index (Phi) is 6.77. The molecule has 144 valence electrons. The second kappa shape index (κ2) is 8.64. The van der Waals surface area contributed by atoms with Crippen LogP contribution in [0.4, 0.5) is 0 Å². The van der Waals surface area contributed by atoms with Crippen molar-refractivity contribution in [1.82, 2.24) is 15.2 Å². The van der Waals surface area contributed by atoms with Gasteiger partial charge in [0.05, 0.1) is 4.90 Å². The van der Waals surface area contributed by atoms with Gasteiger partial charge in [0.1, 0.15) is 0 Å². The highest BCUT2D eigenvalue weighted by atomic mass is 32.2. The van der Waals surface area contributed by atoms with E-state index >= 15 is 0 Å². The largest absolute Gasteiger partial charge is 0.273 e. The lowest BCUT2D eigenvalue weighted by Crippen LogP contribution is -2.42. The van der Waals surface area contributed by atoms with E-state index in [-0.39, 0.29) is 22.3 Å². The van der Waals surface area contributed by atoms with Gasteiger partial charge >= 0.3 is 0 Å². The summed E-state index contributed by atoms with van der Waals surface area (Å²) in [5.41, 5.74) is 4.96. The van der Waals surface area contributed by atoms with Crippen LogP contribution in [0.5, 0.6) is 0 Å². The first-order valence-electron chi connectivity index (χ1n) is 8.89. The molecule has 26 heavy (non-hydrogen) atoms. The summed E-state index contributed by atoms with van der Waals surface area (Å²) in [5, 5.41) is 0. The number of piperidine rings is 1. The molecule has 1 saturated heterocycles. The quantitative estimate of drug-likeness (QED) is 0.762. The zero-order valence-electron chi connectivity index (χ0n) is 15.5. The van der Waals surface area contributed by atoms with Crippen LogP contribution in [-0.4, -0.2) is 37.6 Å². The highest BCUT2D eigenvalue weighted by Crippen LogP contribution is 2.23. The first-order chi connectivity index (χ1) is 12.2. The van der Waals surface area contributed by atoms with Gasteiger partial charge in [-0.3, -0.25) is 20.4 Å². The van der Waals surface area contributed by atoms with Crippen LogP contribution in [0.25, 0.3) is 0 Å². The number of nitrogens with one attached hydrogen (secondary N) is 2. The van der Waals surface area contributed by atoms with Crippen molar-refractivity contribution in [3.63, 3.8) is 0 Å². The summed E-state index contributed by atoms with van der Waals surface area (Å²) in [5.74, 6) is -0.0303. The molecule has 2 amide bonds. The molecule has 1 heterocycles. The van der Waals surface area contributed by atoms with Crippen molar-refractivity contribution < 1.29 is 18.0 Å². The number of hydrogen-bond acceptors (Lipinski definition) is 4. The zero-order valence-corrected chi connectivity index (χ0v) is 16.3. The highest BCUT2D eigenvalue weighted by Gasteiger charge is 2.28. The summed E-state index contributed by atoms with van der Waals surface area (Å²) in [6.45, 7) is 6.98. The van der Waals surface area contributed by atoms with E-state index in [0.29, 0.717) is 25.4 Å². The fraction of sp³-hybridized carbons (Fsp3) is 0.556. The van der Waals surface area contributed by atoms with Crippen molar-refractivity contribution in [1.29, 1.82) is 0 Å². The van der Waals surface area contributed by atoms with E-state index in [1.807, 2.05) is 13.8 Å². The first kappa shape index (κ1) is 20.4. The van der Waals surface area contributed by atoms with Gasteiger partial charge in [-0.2, -0.15) is 4.31 Å². The average molecular weight is 381 g/mol. The Morgan fingerprint density at radius 3 is 2.23 bits per heavy atom. The molecule has 0 aromatic heterocycles. The van der Waals surface area contributed by atoms with E-state index in [2.05, 4.69) is 17.8 Å². The second-order valence-corrected chi connectivity index (χ2v) is 9.15. The molecule has 2 N–H and O–H groups in total. The summed E-state index contributed by atoms with van der Waals surface area (Å²) in [6.07, 6.45) is 2.03. The van der Waals surface area contributed by atoms with Gasteiger partial charge in [-0.25, -0.2) is 8.42 Å². The third-order valence-electron chi connectivity index (χ3n) is 4.41. The Morgan fingerprint density at radius 2 is 1.69 bits per heavy atom. The maximum atomic E-state index is 12.7. The molecule has 7 nitrogen and oxygen atoms in total. The minimum Gasteiger partial charge on any atom is -0.273 e. The van der Waals surface area contributed by atoms with E-state index in [0.717, 1.165) is 12.8 Å². The standard InChI is InChI=1S/C18H27N3O4S/c1-13(2)12-17(22)19-20-18(23)15-4-6-16(7-5-15)26(24,25)21-10-8-14(3)9-11-21/h4-7,13-14H,8-12H2,1-3H3,(H,19,22)(H,20,23). The average Bonchev–Trinajstić information content (AvgIpc) is 2.59. The molecular formula is C18H27N3O4S. The lowest BCUT2D eigenvalue weighted by molar-refractivity contribution is -0.122. The van der Waals surface area contributed by atoms with E-state index < -0.39 is 15.9 Å². The van der Waals surface area contributed by atoms with Crippen LogP contribution >= 0.6 is 0 Å². The molecule has 0 unspecified atom stereocenters. The van der Waals surface area contributed by atoms with Crippen molar-refractivity contribution in [3.05, 3.63) is 29.8 Å². The Hall–Kier alpha value is -1.93. The Bertz CT molecular complexity index is 736. The second-order valence-electron chi connectivity index (χ2n) is 7.21. The molecule has 1 fully saturated rings. The zero-order chi connectivity index (χ0) is 19.3. The molecule has 0 aliphatic carbocycles. The SMILES string of the molecule is CC(C)CC(=O)NNC(=O)c1ccc(S(=O)(=O)N2CCC(C)CC2)cc1. The summed E-state index contributed by atoms with van der Waals surface area (Å²) >= 11 is 0. The van der Waals surface area contributed by atoms with Gasteiger partial charge in [0, 0.05) is 25.1 Å². The Morgan fingerprint density at radius 1 is 1.12 bits per heavy atom. The predicted molar refractivity (Wildman–Crippen MR) is 98.7 cm³/mol. The third kappa shape index (κ3) is 5.28. The molecule has 0 atom stereocenters. The number of carbonyl (C=O) groups is 2. The van der Waals surface area contributed by atoms with Gasteiger partial charge in [-0.05, 0) is 48.9 Å². The molecule has 2 rings (SSSR count). The van der Waals surface area contributed by atoms with Crippen molar-refractivity contribution in [2.45, 2.75) is 44.9 Å². The van der Waals surface area contributed by atoms with E-state index in [9.17, 15) is 18.0 Å². The van der Waals surface area contributed by atoms with Crippen molar-refractivity contribution in [2.24, 2.45) is 11.8 Å².